The number of hydrogen-bond acceptors (Lipinski definition) is 4. The Balaban J connectivity index is 1.86. The van der Waals surface area contributed by atoms with Gasteiger partial charge < -0.3 is 0 Å². The predicted octanol–water partition coefficient (Wildman–Crippen LogP) is 4.61. The monoisotopic (exact) mass is 486 g/mol. The van der Waals surface area contributed by atoms with E-state index in [4.69, 9.17) is 0 Å². The van der Waals surface area contributed by atoms with Gasteiger partial charge in [-0.15, -0.1) is 0 Å². The van der Waals surface area contributed by atoms with Gasteiger partial charge in [-0.1, -0.05) is 109 Å². The Morgan fingerprint density at radius 2 is 0.865 bits per heavy atom. The van der Waals surface area contributed by atoms with Gasteiger partial charge in [0.2, 0.25) is 0 Å². The van der Waals surface area contributed by atoms with Crippen molar-refractivity contribution in [2.45, 2.75) is 5.41 Å². The average molecular weight is 487 g/mol. The van der Waals surface area contributed by atoms with E-state index in [-0.39, 0.29) is 11.1 Å². The molecule has 0 fully saturated rings. The molecule has 0 radical (unpaired) electrons. The lowest BCUT2D eigenvalue weighted by atomic mass is 9.68. The summed E-state index contributed by atoms with van der Waals surface area (Å²) >= 11 is 0. The maximum Gasteiger partial charge on any atom is 0.272 e. The van der Waals surface area contributed by atoms with Crippen LogP contribution >= 0.6 is 0 Å². The minimum atomic E-state index is -1.40. The first-order valence-electron chi connectivity index (χ1n) is 11.8. The maximum atomic E-state index is 13.7. The largest absolute Gasteiger partial charge is 0.288 e. The Morgan fingerprint density at radius 3 is 1.24 bits per heavy atom. The summed E-state index contributed by atoms with van der Waals surface area (Å²) in [4.78, 5) is 27.4. The van der Waals surface area contributed by atoms with Crippen LogP contribution in [0.1, 0.15) is 33.4 Å². The molecule has 2 aliphatic rings. The summed E-state index contributed by atoms with van der Waals surface area (Å²) in [5.74, 6) is -1.47. The minimum absolute atomic E-state index is 0.208. The number of fused-ring (bicyclic) bond motifs is 4. The summed E-state index contributed by atoms with van der Waals surface area (Å²) in [6.45, 7) is 0. The quantitative estimate of drug-likeness (QED) is 0.250. The highest BCUT2D eigenvalue weighted by Gasteiger charge is 2.58. The molecule has 4 N–H and O–H groups in total. The molecule has 4 aromatic carbocycles. The Kier molecular flexibility index (Phi) is 5.34. The third-order valence-corrected chi connectivity index (χ3v) is 7.23. The fourth-order valence-corrected chi connectivity index (χ4v) is 6.00. The van der Waals surface area contributed by atoms with Gasteiger partial charge in [-0.3, -0.25) is 20.0 Å². The van der Waals surface area contributed by atoms with Crippen LogP contribution in [0.5, 0.6) is 0 Å². The van der Waals surface area contributed by atoms with Crippen LogP contribution in [0.3, 0.4) is 0 Å². The zero-order valence-corrected chi connectivity index (χ0v) is 19.6. The summed E-state index contributed by atoms with van der Waals surface area (Å²) in [7, 11) is 0. The Hall–Kier alpha value is -4.78. The number of hydrogen-bond donors (Lipinski definition) is 4. The third-order valence-electron chi connectivity index (χ3n) is 7.23. The lowest BCUT2D eigenvalue weighted by Crippen LogP contribution is -2.41. The highest BCUT2D eigenvalue weighted by Crippen LogP contribution is 2.62. The van der Waals surface area contributed by atoms with Crippen LogP contribution < -0.4 is 11.0 Å². The van der Waals surface area contributed by atoms with Gasteiger partial charge in [-0.05, 0) is 44.5 Å². The molecular weight excluding hydrogens is 464 g/mol. The van der Waals surface area contributed by atoms with Crippen molar-refractivity contribution in [2.75, 3.05) is 0 Å². The molecule has 0 aromatic heterocycles. The molecule has 0 saturated carbocycles. The van der Waals surface area contributed by atoms with Crippen LogP contribution in [-0.2, 0) is 15.0 Å². The van der Waals surface area contributed by atoms with Crippen molar-refractivity contribution in [1.29, 1.82) is 0 Å². The lowest BCUT2D eigenvalue weighted by Gasteiger charge is -2.32. The molecule has 0 aliphatic heterocycles. The van der Waals surface area contributed by atoms with Crippen molar-refractivity contribution < 1.29 is 20.0 Å². The summed E-state index contributed by atoms with van der Waals surface area (Å²) < 4.78 is 0. The van der Waals surface area contributed by atoms with Crippen molar-refractivity contribution in [3.8, 4) is 0 Å². The van der Waals surface area contributed by atoms with Crippen LogP contribution in [0, 0.1) is 0 Å². The highest BCUT2D eigenvalue weighted by atomic mass is 16.5. The van der Waals surface area contributed by atoms with E-state index in [2.05, 4.69) is 0 Å². The van der Waals surface area contributed by atoms with Gasteiger partial charge in [0.1, 0.15) is 0 Å². The van der Waals surface area contributed by atoms with E-state index in [0.717, 1.165) is 22.3 Å². The molecule has 2 aliphatic carbocycles. The number of carbonyl (C=O) groups is 2. The van der Waals surface area contributed by atoms with Gasteiger partial charge in [-0.2, -0.15) is 0 Å². The zero-order chi connectivity index (χ0) is 25.6. The van der Waals surface area contributed by atoms with Gasteiger partial charge >= 0.3 is 0 Å². The molecule has 2 amide bonds. The van der Waals surface area contributed by atoms with Crippen molar-refractivity contribution in [1.82, 2.24) is 11.0 Å². The number of rotatable bonds is 4. The topological polar surface area (TPSA) is 98.7 Å². The molecule has 6 rings (SSSR count). The molecule has 0 atom stereocenters. The summed E-state index contributed by atoms with van der Waals surface area (Å²) in [5, 5.41) is 20.0. The van der Waals surface area contributed by atoms with Gasteiger partial charge in [0.05, 0.1) is 5.41 Å². The maximum absolute atomic E-state index is 13.7. The second-order valence-corrected chi connectivity index (χ2v) is 8.96. The summed E-state index contributed by atoms with van der Waals surface area (Å²) in [5.41, 5.74) is 8.39. The molecule has 37 heavy (non-hydrogen) atoms. The van der Waals surface area contributed by atoms with Crippen LogP contribution in [0.2, 0.25) is 0 Å². The van der Waals surface area contributed by atoms with Crippen molar-refractivity contribution in [3.63, 3.8) is 0 Å². The smallest absolute Gasteiger partial charge is 0.272 e. The number of carbonyl (C=O) groups excluding carboxylic acids is 2. The van der Waals surface area contributed by atoms with Crippen LogP contribution in [0.15, 0.2) is 120 Å². The van der Waals surface area contributed by atoms with Gasteiger partial charge in [0.25, 0.3) is 11.8 Å². The van der Waals surface area contributed by atoms with Crippen LogP contribution in [-0.4, -0.2) is 22.2 Å². The molecule has 180 valence electrons. The molecular formula is C31H22N2O4. The molecule has 0 unspecified atom stereocenters. The molecule has 6 nitrogen and oxygen atoms in total. The number of benzene rings is 4. The fraction of sp³-hybridized carbons (Fsp3) is 0.0323. The standard InChI is InChI=1S/C31H22N2O4/c34-29(32-36)27-25(19-11-3-1-4-12-19)21-15-7-9-17-23(21)31(27)24-18-10-8-16-22(24)26(28(31)30(35)33-37)20-13-5-2-6-14-20/h1-18,36-37H,(H,32,34)(H,33,35). The van der Waals surface area contributed by atoms with Crippen LogP contribution in [0.4, 0.5) is 0 Å². The summed E-state index contributed by atoms with van der Waals surface area (Å²) in [6.07, 6.45) is 0. The van der Waals surface area contributed by atoms with E-state index in [1.165, 1.54) is 0 Å². The Morgan fingerprint density at radius 1 is 0.514 bits per heavy atom. The lowest BCUT2D eigenvalue weighted by molar-refractivity contribution is -0.126. The second kappa shape index (κ2) is 8.71. The fourth-order valence-electron chi connectivity index (χ4n) is 6.00. The first-order chi connectivity index (χ1) is 18.1. The predicted molar refractivity (Wildman–Crippen MR) is 138 cm³/mol. The van der Waals surface area contributed by atoms with Gasteiger partial charge in [-0.25, -0.2) is 11.0 Å². The minimum Gasteiger partial charge on any atom is -0.288 e. The first kappa shape index (κ1) is 22.7. The van der Waals surface area contributed by atoms with Gasteiger partial charge in [0, 0.05) is 11.1 Å². The van der Waals surface area contributed by atoms with E-state index >= 15 is 0 Å². The van der Waals surface area contributed by atoms with E-state index in [1.54, 1.807) is 0 Å². The molecule has 6 heteroatoms. The Bertz CT molecular complexity index is 1500. The molecule has 1 spiro atoms. The second-order valence-electron chi connectivity index (χ2n) is 8.96. The highest BCUT2D eigenvalue weighted by molar-refractivity contribution is 6.20. The molecule has 4 aromatic rings. The van der Waals surface area contributed by atoms with Crippen molar-refractivity contribution in [3.05, 3.63) is 154 Å². The number of amides is 2. The SMILES string of the molecule is O=C(NO)C1=C(c2ccccc2)c2ccccc2C12C(C(=O)NO)=C(c1ccccc1)c1ccccc12. The summed E-state index contributed by atoms with van der Waals surface area (Å²) in [6, 6.07) is 33.9. The van der Waals surface area contributed by atoms with E-state index < -0.39 is 17.2 Å². The van der Waals surface area contributed by atoms with E-state index in [0.29, 0.717) is 22.3 Å². The van der Waals surface area contributed by atoms with Gasteiger partial charge in [0.15, 0.2) is 0 Å². The zero-order valence-electron chi connectivity index (χ0n) is 19.6. The Labute approximate surface area is 213 Å². The molecule has 0 bridgehead atoms. The number of nitrogens with one attached hydrogen (secondary N) is 2. The van der Waals surface area contributed by atoms with Crippen molar-refractivity contribution >= 4 is 23.0 Å². The van der Waals surface area contributed by atoms with Crippen molar-refractivity contribution in [2.24, 2.45) is 0 Å². The number of hydroxylamine groups is 2. The molecule has 0 heterocycles. The third kappa shape index (κ3) is 3.07. The first-order valence-corrected chi connectivity index (χ1v) is 11.8. The average Bonchev–Trinajstić information content (AvgIpc) is 3.44. The van der Waals surface area contributed by atoms with E-state index in [9.17, 15) is 20.0 Å². The molecule has 0 saturated heterocycles. The normalized spacial score (nSPS) is 15.0. The van der Waals surface area contributed by atoms with Crippen LogP contribution in [0.25, 0.3) is 11.1 Å². The van der Waals surface area contributed by atoms with E-state index in [1.807, 2.05) is 120 Å².